The Hall–Kier alpha value is -3.82. The first-order valence-corrected chi connectivity index (χ1v) is 10.3. The molecule has 1 saturated heterocycles. The number of hydrogen-bond acceptors (Lipinski definition) is 6. The second-order valence-electron chi connectivity index (χ2n) is 7.55. The number of halogens is 1. The lowest BCUT2D eigenvalue weighted by Gasteiger charge is -2.31. The van der Waals surface area contributed by atoms with Crippen LogP contribution in [0, 0.1) is 18.7 Å². The molecule has 32 heavy (non-hydrogen) atoms. The number of ether oxygens (including phenoxy) is 1. The number of piperidine rings is 1. The zero-order valence-electron chi connectivity index (χ0n) is 17.6. The van der Waals surface area contributed by atoms with E-state index >= 15 is 0 Å². The third-order valence-corrected chi connectivity index (χ3v) is 5.40. The number of aryl methyl sites for hydroxylation is 1. The fourth-order valence-corrected chi connectivity index (χ4v) is 3.59. The van der Waals surface area contributed by atoms with Gasteiger partial charge in [-0.2, -0.15) is 4.68 Å². The summed E-state index contributed by atoms with van der Waals surface area (Å²) in [6, 6.07) is 13.4. The third kappa shape index (κ3) is 4.90. The number of amides is 2. The van der Waals surface area contributed by atoms with E-state index in [0.717, 1.165) is 0 Å². The molecule has 2 aromatic carbocycles. The summed E-state index contributed by atoms with van der Waals surface area (Å²) >= 11 is 0. The van der Waals surface area contributed by atoms with Crippen molar-refractivity contribution in [2.45, 2.75) is 19.8 Å². The van der Waals surface area contributed by atoms with Crippen LogP contribution in [0.25, 0.3) is 5.69 Å². The summed E-state index contributed by atoms with van der Waals surface area (Å²) in [6.45, 7) is 2.57. The van der Waals surface area contributed by atoms with Gasteiger partial charge in [0.15, 0.2) is 12.4 Å². The molecule has 9 nitrogen and oxygen atoms in total. The van der Waals surface area contributed by atoms with Crippen molar-refractivity contribution in [3.8, 4) is 11.4 Å². The van der Waals surface area contributed by atoms with E-state index in [9.17, 15) is 14.0 Å². The van der Waals surface area contributed by atoms with Crippen molar-refractivity contribution in [1.29, 1.82) is 0 Å². The Kier molecular flexibility index (Phi) is 6.39. The molecule has 0 unspecified atom stereocenters. The van der Waals surface area contributed by atoms with Crippen molar-refractivity contribution in [3.05, 3.63) is 60.2 Å². The molecule has 0 radical (unpaired) electrons. The molecule has 0 spiro atoms. The number of likely N-dealkylation sites (tertiary alicyclic amines) is 1. The summed E-state index contributed by atoms with van der Waals surface area (Å²) in [5.41, 5.74) is 0.611. The number of nitrogens with zero attached hydrogens (tertiary/aromatic N) is 5. The minimum Gasteiger partial charge on any atom is -0.484 e. The van der Waals surface area contributed by atoms with E-state index in [1.54, 1.807) is 24.0 Å². The van der Waals surface area contributed by atoms with Gasteiger partial charge in [-0.05, 0) is 60.5 Å². The largest absolute Gasteiger partial charge is 0.484 e. The van der Waals surface area contributed by atoms with Crippen LogP contribution in [0.3, 0.4) is 0 Å². The van der Waals surface area contributed by atoms with Crippen LogP contribution in [0.5, 0.6) is 5.75 Å². The fraction of sp³-hybridized carbons (Fsp3) is 0.318. The van der Waals surface area contributed by atoms with E-state index in [4.69, 9.17) is 4.74 Å². The number of anilines is 1. The molecule has 1 aliphatic rings. The zero-order chi connectivity index (χ0) is 22.5. The van der Waals surface area contributed by atoms with Crippen LogP contribution in [0.1, 0.15) is 18.7 Å². The molecule has 0 atom stereocenters. The Morgan fingerprint density at radius 1 is 1.16 bits per heavy atom. The summed E-state index contributed by atoms with van der Waals surface area (Å²) in [7, 11) is 0. The Bertz CT molecular complexity index is 1100. The molecule has 0 bridgehead atoms. The Balaban J connectivity index is 1.31. The Labute approximate surface area is 184 Å². The number of nitrogens with one attached hydrogen (secondary N) is 1. The van der Waals surface area contributed by atoms with Crippen molar-refractivity contribution in [1.82, 2.24) is 25.1 Å². The van der Waals surface area contributed by atoms with Gasteiger partial charge >= 0.3 is 0 Å². The number of carbonyl (C=O) groups excluding carboxylic acids is 2. The van der Waals surface area contributed by atoms with Crippen molar-refractivity contribution >= 4 is 17.5 Å². The van der Waals surface area contributed by atoms with Gasteiger partial charge in [0, 0.05) is 19.0 Å². The maximum Gasteiger partial charge on any atom is 0.260 e. The average molecular weight is 438 g/mol. The highest BCUT2D eigenvalue weighted by Gasteiger charge is 2.28. The highest BCUT2D eigenvalue weighted by Crippen LogP contribution is 2.23. The maximum atomic E-state index is 14.3. The van der Waals surface area contributed by atoms with Gasteiger partial charge in [0.2, 0.25) is 5.91 Å². The quantitative estimate of drug-likeness (QED) is 0.634. The number of carbonyl (C=O) groups is 2. The van der Waals surface area contributed by atoms with Gasteiger partial charge in [-0.15, -0.1) is 5.10 Å². The van der Waals surface area contributed by atoms with Gasteiger partial charge < -0.3 is 15.0 Å². The molecule has 2 amide bonds. The van der Waals surface area contributed by atoms with Gasteiger partial charge in [0.05, 0.1) is 11.4 Å². The first-order chi connectivity index (χ1) is 15.5. The molecule has 1 aliphatic heterocycles. The van der Waals surface area contributed by atoms with E-state index in [1.807, 2.05) is 18.2 Å². The Morgan fingerprint density at radius 3 is 2.59 bits per heavy atom. The summed E-state index contributed by atoms with van der Waals surface area (Å²) in [4.78, 5) is 26.8. The number of rotatable bonds is 6. The molecular formula is C22H23FN6O3. The molecule has 1 N–H and O–H groups in total. The van der Waals surface area contributed by atoms with Crippen molar-refractivity contribution < 1.29 is 18.7 Å². The molecule has 4 rings (SSSR count). The Morgan fingerprint density at radius 2 is 1.91 bits per heavy atom. The van der Waals surface area contributed by atoms with E-state index in [1.165, 1.54) is 22.9 Å². The normalized spacial score (nSPS) is 14.2. The van der Waals surface area contributed by atoms with Crippen molar-refractivity contribution in [2.75, 3.05) is 25.0 Å². The van der Waals surface area contributed by atoms with Gasteiger partial charge in [-0.25, -0.2) is 4.39 Å². The molecule has 166 valence electrons. The second kappa shape index (κ2) is 9.54. The molecular weight excluding hydrogens is 415 g/mol. The number of tetrazole rings is 1. The molecule has 0 aliphatic carbocycles. The van der Waals surface area contributed by atoms with Crippen LogP contribution < -0.4 is 10.1 Å². The van der Waals surface area contributed by atoms with Crippen molar-refractivity contribution in [3.63, 3.8) is 0 Å². The number of para-hydroxylation sites is 1. The van der Waals surface area contributed by atoms with Crippen LogP contribution in [-0.2, 0) is 9.59 Å². The smallest absolute Gasteiger partial charge is 0.260 e. The topological polar surface area (TPSA) is 102 Å². The third-order valence-electron chi connectivity index (χ3n) is 5.40. The lowest BCUT2D eigenvalue weighted by molar-refractivity contribution is -0.136. The standard InChI is InChI=1S/C22H23FN6O3/c1-15-25-26-27-29(15)17-7-8-19(23)20(13-17)24-22(31)16-9-11-28(12-10-16)21(30)14-32-18-5-3-2-4-6-18/h2-8,13,16H,9-12,14H2,1H3,(H,24,31). The average Bonchev–Trinajstić information content (AvgIpc) is 3.25. The zero-order valence-corrected chi connectivity index (χ0v) is 17.6. The van der Waals surface area contributed by atoms with Crippen LogP contribution in [0.15, 0.2) is 48.5 Å². The maximum absolute atomic E-state index is 14.3. The lowest BCUT2D eigenvalue weighted by Crippen LogP contribution is -2.43. The van der Waals surface area contributed by atoms with Crippen LogP contribution >= 0.6 is 0 Å². The molecule has 10 heteroatoms. The highest BCUT2D eigenvalue weighted by molar-refractivity contribution is 5.93. The number of hydrogen-bond donors (Lipinski definition) is 1. The summed E-state index contributed by atoms with van der Waals surface area (Å²) < 4.78 is 21.3. The van der Waals surface area contributed by atoms with Gasteiger partial charge in [0.25, 0.3) is 5.91 Å². The monoisotopic (exact) mass is 438 g/mol. The summed E-state index contributed by atoms with van der Waals surface area (Å²) in [5.74, 6) is -0.0748. The molecule has 2 heterocycles. The van der Waals surface area contributed by atoms with Crippen LogP contribution in [0.4, 0.5) is 10.1 Å². The first kappa shape index (κ1) is 21.4. The minimum atomic E-state index is -0.543. The van der Waals surface area contributed by atoms with E-state index in [0.29, 0.717) is 43.2 Å². The molecule has 1 aromatic heterocycles. The SMILES string of the molecule is Cc1nnnn1-c1ccc(F)c(NC(=O)C2CCN(C(=O)COc3ccccc3)CC2)c1. The van der Waals surface area contributed by atoms with Crippen LogP contribution in [0.2, 0.25) is 0 Å². The first-order valence-electron chi connectivity index (χ1n) is 10.3. The predicted octanol–water partition coefficient (Wildman–Crippen LogP) is 2.37. The van der Waals surface area contributed by atoms with E-state index in [-0.39, 0.29) is 30.0 Å². The minimum absolute atomic E-state index is 0.0462. The number of benzene rings is 2. The lowest BCUT2D eigenvalue weighted by atomic mass is 9.95. The van der Waals surface area contributed by atoms with Gasteiger partial charge in [-0.1, -0.05) is 18.2 Å². The highest BCUT2D eigenvalue weighted by atomic mass is 19.1. The predicted molar refractivity (Wildman–Crippen MR) is 114 cm³/mol. The fourth-order valence-electron chi connectivity index (χ4n) is 3.59. The molecule has 0 saturated carbocycles. The van der Waals surface area contributed by atoms with E-state index in [2.05, 4.69) is 20.8 Å². The summed E-state index contributed by atoms with van der Waals surface area (Å²) in [5, 5.41) is 13.9. The van der Waals surface area contributed by atoms with Crippen molar-refractivity contribution in [2.24, 2.45) is 5.92 Å². The van der Waals surface area contributed by atoms with E-state index < -0.39 is 5.82 Å². The summed E-state index contributed by atoms with van der Waals surface area (Å²) in [6.07, 6.45) is 0.993. The van der Waals surface area contributed by atoms with Crippen LogP contribution in [-0.4, -0.2) is 56.6 Å². The van der Waals surface area contributed by atoms with Gasteiger partial charge in [0.1, 0.15) is 11.6 Å². The number of aromatic nitrogens is 4. The molecule has 3 aromatic rings. The van der Waals surface area contributed by atoms with Gasteiger partial charge in [-0.3, -0.25) is 9.59 Å². The molecule has 1 fully saturated rings. The second-order valence-corrected chi connectivity index (χ2v) is 7.55.